The van der Waals surface area contributed by atoms with E-state index in [4.69, 9.17) is 0 Å². The van der Waals surface area contributed by atoms with Crippen LogP contribution in [-0.2, 0) is 6.54 Å². The van der Waals surface area contributed by atoms with E-state index in [0.29, 0.717) is 0 Å². The van der Waals surface area contributed by atoms with Gasteiger partial charge in [-0.3, -0.25) is 0 Å². The topological polar surface area (TPSA) is 12.0 Å². The summed E-state index contributed by atoms with van der Waals surface area (Å²) < 4.78 is 1.20. The van der Waals surface area contributed by atoms with Gasteiger partial charge in [0.2, 0.25) is 0 Å². The summed E-state index contributed by atoms with van der Waals surface area (Å²) in [6, 6.07) is 6.53. The lowest BCUT2D eigenvalue weighted by Gasteiger charge is -2.28. The molecule has 0 heterocycles. The molecule has 0 atom stereocenters. The summed E-state index contributed by atoms with van der Waals surface area (Å²) in [5, 5.41) is 3.64. The van der Waals surface area contributed by atoms with E-state index in [1.165, 1.54) is 15.6 Å². The lowest BCUT2D eigenvalue weighted by molar-refractivity contribution is 0.329. The summed E-state index contributed by atoms with van der Waals surface area (Å²) >= 11 is 3.62. The molecule has 0 aliphatic carbocycles. The van der Waals surface area contributed by atoms with Crippen molar-refractivity contribution in [2.75, 3.05) is 0 Å². The van der Waals surface area contributed by atoms with Crippen LogP contribution in [0.3, 0.4) is 0 Å². The summed E-state index contributed by atoms with van der Waals surface area (Å²) in [5.74, 6) is 0. The van der Waals surface area contributed by atoms with E-state index < -0.39 is 0 Å². The quantitative estimate of drug-likeness (QED) is 0.843. The predicted octanol–water partition coefficient (Wildman–Crippen LogP) is 4.43. The number of aryl methyl sites for hydroxylation is 1. The van der Waals surface area contributed by atoms with E-state index in [1.54, 1.807) is 0 Å². The molecule has 0 aromatic heterocycles. The number of hydrogen-bond acceptors (Lipinski definition) is 1. The van der Waals surface area contributed by atoms with Crippen molar-refractivity contribution in [3.63, 3.8) is 0 Å². The second kappa shape index (κ2) is 5.83. The average Bonchev–Trinajstić information content (AvgIpc) is 2.27. The first-order valence-corrected chi connectivity index (χ1v) is 6.80. The van der Waals surface area contributed by atoms with Crippen molar-refractivity contribution in [1.29, 1.82) is 0 Å². The molecule has 2 heteroatoms. The van der Waals surface area contributed by atoms with Gasteiger partial charge < -0.3 is 5.32 Å². The SMILES string of the molecule is CCC(C)(CC)NCc1ccc(C)cc1Br. The van der Waals surface area contributed by atoms with Gasteiger partial charge in [0.25, 0.3) is 0 Å². The van der Waals surface area contributed by atoms with Crippen molar-refractivity contribution in [2.24, 2.45) is 0 Å². The molecule has 0 fully saturated rings. The van der Waals surface area contributed by atoms with Crippen LogP contribution in [-0.4, -0.2) is 5.54 Å². The van der Waals surface area contributed by atoms with E-state index in [0.717, 1.165) is 19.4 Å². The highest BCUT2D eigenvalue weighted by atomic mass is 79.9. The first-order valence-electron chi connectivity index (χ1n) is 6.01. The molecule has 1 aromatic carbocycles. The van der Waals surface area contributed by atoms with Crippen LogP contribution < -0.4 is 5.32 Å². The van der Waals surface area contributed by atoms with Crippen LogP contribution in [0.4, 0.5) is 0 Å². The van der Waals surface area contributed by atoms with Crippen molar-refractivity contribution < 1.29 is 0 Å². The van der Waals surface area contributed by atoms with Crippen LogP contribution in [0.1, 0.15) is 44.7 Å². The number of benzene rings is 1. The van der Waals surface area contributed by atoms with Crippen LogP contribution in [0, 0.1) is 6.92 Å². The Morgan fingerprint density at radius 3 is 2.38 bits per heavy atom. The van der Waals surface area contributed by atoms with E-state index in [-0.39, 0.29) is 5.54 Å². The molecule has 0 spiro atoms. The molecule has 0 aliphatic heterocycles. The molecule has 0 unspecified atom stereocenters. The van der Waals surface area contributed by atoms with Gasteiger partial charge in [-0.1, -0.05) is 41.9 Å². The van der Waals surface area contributed by atoms with Crippen LogP contribution in [0.5, 0.6) is 0 Å². The highest BCUT2D eigenvalue weighted by molar-refractivity contribution is 9.10. The molecule has 0 amide bonds. The summed E-state index contributed by atoms with van der Waals surface area (Å²) in [4.78, 5) is 0. The van der Waals surface area contributed by atoms with Gasteiger partial charge >= 0.3 is 0 Å². The normalized spacial score (nSPS) is 11.8. The Hall–Kier alpha value is -0.340. The maximum atomic E-state index is 3.64. The molecule has 1 N–H and O–H groups in total. The Bertz CT molecular complexity index is 343. The Morgan fingerprint density at radius 1 is 1.25 bits per heavy atom. The largest absolute Gasteiger partial charge is 0.307 e. The molecular weight excluding hydrogens is 262 g/mol. The maximum absolute atomic E-state index is 3.64. The van der Waals surface area contributed by atoms with Gasteiger partial charge in [0.15, 0.2) is 0 Å². The second-order valence-corrected chi connectivity index (χ2v) is 5.57. The Labute approximate surface area is 108 Å². The first-order chi connectivity index (χ1) is 7.50. The third kappa shape index (κ3) is 3.60. The Kier molecular flexibility index (Phi) is 5.00. The van der Waals surface area contributed by atoms with E-state index >= 15 is 0 Å². The molecule has 0 saturated heterocycles. The van der Waals surface area contributed by atoms with Crippen molar-refractivity contribution in [1.82, 2.24) is 5.32 Å². The van der Waals surface area contributed by atoms with Crippen LogP contribution >= 0.6 is 15.9 Å². The third-order valence-electron chi connectivity index (χ3n) is 3.47. The second-order valence-electron chi connectivity index (χ2n) is 4.72. The van der Waals surface area contributed by atoms with Gasteiger partial charge in [-0.2, -0.15) is 0 Å². The van der Waals surface area contributed by atoms with Crippen LogP contribution in [0.2, 0.25) is 0 Å². The zero-order chi connectivity index (χ0) is 12.2. The fourth-order valence-corrected chi connectivity index (χ4v) is 2.24. The number of rotatable bonds is 5. The smallest absolute Gasteiger partial charge is 0.0222 e. The first kappa shape index (κ1) is 13.7. The molecule has 1 nitrogen and oxygen atoms in total. The highest BCUT2D eigenvalue weighted by Crippen LogP contribution is 2.20. The molecule has 16 heavy (non-hydrogen) atoms. The minimum absolute atomic E-state index is 0.254. The van der Waals surface area contributed by atoms with Gasteiger partial charge in [0.05, 0.1) is 0 Å². The predicted molar refractivity (Wildman–Crippen MR) is 74.7 cm³/mol. The van der Waals surface area contributed by atoms with Crippen molar-refractivity contribution in [2.45, 2.75) is 52.6 Å². The van der Waals surface area contributed by atoms with Gasteiger partial charge in [-0.25, -0.2) is 0 Å². The molecule has 90 valence electrons. The number of nitrogens with one attached hydrogen (secondary N) is 1. The maximum Gasteiger partial charge on any atom is 0.0222 e. The standard InChI is InChI=1S/C14H22BrN/c1-5-14(4,6-2)16-10-12-8-7-11(3)9-13(12)15/h7-9,16H,5-6,10H2,1-4H3. The van der Waals surface area contributed by atoms with Gasteiger partial charge in [-0.05, 0) is 43.9 Å². The lowest BCUT2D eigenvalue weighted by Crippen LogP contribution is -2.40. The van der Waals surface area contributed by atoms with Gasteiger partial charge in [0.1, 0.15) is 0 Å². The highest BCUT2D eigenvalue weighted by Gasteiger charge is 2.18. The molecule has 0 radical (unpaired) electrons. The van der Waals surface area contributed by atoms with Gasteiger partial charge in [-0.15, -0.1) is 0 Å². The third-order valence-corrected chi connectivity index (χ3v) is 4.21. The minimum atomic E-state index is 0.254. The van der Waals surface area contributed by atoms with E-state index in [1.807, 2.05) is 0 Å². The molecule has 0 aliphatic rings. The summed E-state index contributed by atoms with van der Waals surface area (Å²) in [6.45, 7) is 9.81. The van der Waals surface area contributed by atoms with Crippen molar-refractivity contribution >= 4 is 15.9 Å². The molecular formula is C14H22BrN. The Morgan fingerprint density at radius 2 is 1.88 bits per heavy atom. The molecule has 0 bridgehead atoms. The van der Waals surface area contributed by atoms with Crippen LogP contribution in [0.25, 0.3) is 0 Å². The minimum Gasteiger partial charge on any atom is -0.307 e. The molecule has 0 saturated carbocycles. The van der Waals surface area contributed by atoms with Crippen molar-refractivity contribution in [3.8, 4) is 0 Å². The zero-order valence-corrected chi connectivity index (χ0v) is 12.3. The lowest BCUT2D eigenvalue weighted by atomic mass is 9.95. The van der Waals surface area contributed by atoms with Crippen molar-refractivity contribution in [3.05, 3.63) is 33.8 Å². The summed E-state index contributed by atoms with van der Waals surface area (Å²) in [5.41, 5.74) is 2.88. The molecule has 1 rings (SSSR count). The number of halogens is 1. The fraction of sp³-hybridized carbons (Fsp3) is 0.571. The van der Waals surface area contributed by atoms with E-state index in [2.05, 4.69) is 67.1 Å². The fourth-order valence-electron chi connectivity index (χ4n) is 1.60. The number of hydrogen-bond donors (Lipinski definition) is 1. The van der Waals surface area contributed by atoms with Gasteiger partial charge in [0, 0.05) is 16.6 Å². The van der Waals surface area contributed by atoms with Crippen LogP contribution in [0.15, 0.2) is 22.7 Å². The van der Waals surface area contributed by atoms with E-state index in [9.17, 15) is 0 Å². The Balaban J connectivity index is 2.67. The zero-order valence-electron chi connectivity index (χ0n) is 10.7. The average molecular weight is 284 g/mol. The summed E-state index contributed by atoms with van der Waals surface area (Å²) in [6.07, 6.45) is 2.32. The summed E-state index contributed by atoms with van der Waals surface area (Å²) in [7, 11) is 0. The monoisotopic (exact) mass is 283 g/mol. The molecule has 1 aromatic rings.